The van der Waals surface area contributed by atoms with Crippen molar-refractivity contribution in [3.8, 4) is 0 Å². The fourth-order valence-electron chi connectivity index (χ4n) is 0.258. The number of hydrogen-bond acceptors (Lipinski definition) is 2. The van der Waals surface area contributed by atoms with E-state index < -0.39 is 18.4 Å². The molecular weight excluding hydrogens is 210 g/mol. The molecule has 84 valence electrons. The molecule has 5 nitrogen and oxygen atoms in total. The van der Waals surface area contributed by atoms with E-state index in [-0.39, 0.29) is 18.0 Å². The Hall–Kier alpha value is -1.07. The first-order valence-electron chi connectivity index (χ1n) is 3.67. The molecule has 0 aromatic carbocycles. The minimum atomic E-state index is -1.27. The van der Waals surface area contributed by atoms with Crippen LogP contribution in [-0.4, -0.2) is 43.3 Å². The van der Waals surface area contributed by atoms with Gasteiger partial charge in [-0.3, -0.25) is 4.79 Å². The van der Waals surface area contributed by atoms with E-state index in [0.29, 0.717) is 0 Å². The lowest BCUT2D eigenvalue weighted by atomic mass is 10.2. The molecule has 0 unspecified atom stereocenters. The summed E-state index contributed by atoms with van der Waals surface area (Å²) in [5.74, 6) is -2.44. The third kappa shape index (κ3) is 22.4. The molecule has 0 atom stereocenters. The molecule has 0 heterocycles. The van der Waals surface area contributed by atoms with Crippen LogP contribution in [0, 0.1) is 0 Å². The molecule has 6 heteroatoms. The highest BCUT2D eigenvalue weighted by molar-refractivity contribution is 5.91. The summed E-state index contributed by atoms with van der Waals surface area (Å²) < 4.78 is 0. The Morgan fingerprint density at radius 3 is 1.57 bits per heavy atom. The highest BCUT2D eigenvalue weighted by atomic mass is 35.5. The van der Waals surface area contributed by atoms with Gasteiger partial charge in [0.05, 0.1) is 27.6 Å². The van der Waals surface area contributed by atoms with Gasteiger partial charge in [-0.2, -0.15) is 0 Å². The summed E-state index contributed by atoms with van der Waals surface area (Å²) in [6.45, 7) is 3.01. The average molecular weight is 226 g/mol. The van der Waals surface area contributed by atoms with Crippen LogP contribution < -0.4 is 17.3 Å². The molecule has 0 rings (SSSR count). The van der Waals surface area contributed by atoms with E-state index in [1.54, 1.807) is 0 Å². The quantitative estimate of drug-likeness (QED) is 0.427. The summed E-state index contributed by atoms with van der Waals surface area (Å²) in [6.07, 6.45) is -0.505. The van der Waals surface area contributed by atoms with E-state index >= 15 is 0 Å². The van der Waals surface area contributed by atoms with E-state index in [2.05, 4.69) is 27.7 Å². The summed E-state index contributed by atoms with van der Waals surface area (Å²) in [4.78, 5) is 21.1. The van der Waals surface area contributed by atoms with Gasteiger partial charge in [-0.15, -0.1) is 0 Å². The number of halogens is 1. The lowest BCUT2D eigenvalue weighted by molar-refractivity contribution is -0.836. The smallest absolute Gasteiger partial charge is 0.331 e. The zero-order valence-electron chi connectivity index (χ0n) is 8.50. The van der Waals surface area contributed by atoms with Crippen molar-refractivity contribution in [2.45, 2.75) is 6.42 Å². The van der Waals surface area contributed by atoms with Gasteiger partial charge in [0.1, 0.15) is 0 Å². The number of aliphatic carboxylic acids is 2. The minimum Gasteiger partial charge on any atom is -1.00 e. The maximum Gasteiger partial charge on any atom is 0.331 e. The molecule has 0 aromatic rings. The monoisotopic (exact) mass is 225 g/mol. The van der Waals surface area contributed by atoms with Crippen LogP contribution in [0.4, 0.5) is 0 Å². The summed E-state index contributed by atoms with van der Waals surface area (Å²) >= 11 is 0. The third-order valence-corrected chi connectivity index (χ3v) is 0.667. The second-order valence-corrected chi connectivity index (χ2v) is 2.98. The van der Waals surface area contributed by atoms with Gasteiger partial charge in [-0.25, -0.2) is 4.79 Å². The molecule has 14 heavy (non-hydrogen) atoms. The Morgan fingerprint density at radius 1 is 1.21 bits per heavy atom. The fraction of sp³-hybridized carbons (Fsp3) is 0.500. The molecule has 0 aromatic heterocycles. The molecule has 0 bridgehead atoms. The molecule has 0 aliphatic heterocycles. The van der Waals surface area contributed by atoms with E-state index in [1.807, 2.05) is 0 Å². The predicted molar refractivity (Wildman–Crippen MR) is 47.8 cm³/mol. The van der Waals surface area contributed by atoms with Gasteiger partial charge >= 0.3 is 11.9 Å². The lowest BCUT2D eigenvalue weighted by Crippen LogP contribution is -3.02. The first-order chi connectivity index (χ1) is 5.77. The van der Waals surface area contributed by atoms with Crippen LogP contribution in [0.25, 0.3) is 0 Å². The van der Waals surface area contributed by atoms with Crippen molar-refractivity contribution in [2.24, 2.45) is 0 Å². The SMILES string of the molecule is C=C(CC(=O)O)C(=O)O.C[NH+](C)C.[Cl-]. The average Bonchev–Trinajstić information content (AvgIpc) is 1.83. The number of nitrogens with one attached hydrogen (secondary N) is 1. The second kappa shape index (κ2) is 10.0. The van der Waals surface area contributed by atoms with Crippen molar-refractivity contribution in [1.82, 2.24) is 0 Å². The number of rotatable bonds is 3. The van der Waals surface area contributed by atoms with Gasteiger partial charge in [0.2, 0.25) is 0 Å². The van der Waals surface area contributed by atoms with Crippen molar-refractivity contribution in [1.29, 1.82) is 0 Å². The van der Waals surface area contributed by atoms with E-state index in [9.17, 15) is 9.59 Å². The molecule has 0 saturated heterocycles. The first-order valence-corrected chi connectivity index (χ1v) is 3.67. The zero-order chi connectivity index (χ0) is 11.0. The number of carboxylic acids is 2. The third-order valence-electron chi connectivity index (χ3n) is 0.667. The fourth-order valence-corrected chi connectivity index (χ4v) is 0.258. The molecular formula is C8H16ClNO4. The topological polar surface area (TPSA) is 79.0 Å². The molecule has 0 radical (unpaired) electrons. The molecule has 0 fully saturated rings. The zero-order valence-corrected chi connectivity index (χ0v) is 9.26. The number of hydrogen-bond donors (Lipinski definition) is 3. The summed E-state index contributed by atoms with van der Waals surface area (Å²) in [6, 6.07) is 0. The van der Waals surface area contributed by atoms with Crippen molar-refractivity contribution in [3.63, 3.8) is 0 Å². The Morgan fingerprint density at radius 2 is 1.50 bits per heavy atom. The van der Waals surface area contributed by atoms with Crippen molar-refractivity contribution < 1.29 is 37.1 Å². The summed E-state index contributed by atoms with van der Waals surface area (Å²) in [5, 5.41) is 16.1. The Balaban J connectivity index is -0.000000209. The first kappa shape index (κ1) is 18.7. The van der Waals surface area contributed by atoms with Crippen LogP contribution in [-0.2, 0) is 9.59 Å². The van der Waals surface area contributed by atoms with Crippen LogP contribution in [0.1, 0.15) is 6.42 Å². The molecule has 0 aliphatic carbocycles. The Bertz CT molecular complexity index is 201. The van der Waals surface area contributed by atoms with E-state index in [4.69, 9.17) is 10.2 Å². The van der Waals surface area contributed by atoms with Gasteiger partial charge in [-0.1, -0.05) is 6.58 Å². The van der Waals surface area contributed by atoms with Crippen LogP contribution >= 0.6 is 0 Å². The molecule has 0 amide bonds. The van der Waals surface area contributed by atoms with Crippen molar-refractivity contribution in [2.75, 3.05) is 21.1 Å². The van der Waals surface area contributed by atoms with Crippen LogP contribution in [0.15, 0.2) is 12.2 Å². The minimum absolute atomic E-state index is 0. The van der Waals surface area contributed by atoms with Gasteiger partial charge in [0.15, 0.2) is 0 Å². The number of quaternary nitrogens is 1. The largest absolute Gasteiger partial charge is 1.00 e. The van der Waals surface area contributed by atoms with Crippen LogP contribution in [0.5, 0.6) is 0 Å². The van der Waals surface area contributed by atoms with Crippen molar-refractivity contribution in [3.05, 3.63) is 12.2 Å². The maximum absolute atomic E-state index is 9.87. The molecule has 3 N–H and O–H groups in total. The van der Waals surface area contributed by atoms with Gasteiger partial charge in [0, 0.05) is 5.57 Å². The highest BCUT2D eigenvalue weighted by Crippen LogP contribution is 1.95. The number of carboxylic acid groups (broad SMARTS) is 2. The maximum atomic E-state index is 9.87. The predicted octanol–water partition coefficient (Wildman–Crippen LogP) is -4.13. The normalized spacial score (nSPS) is 8.00. The Labute approximate surface area is 89.4 Å². The standard InChI is InChI=1S/C5H6O4.C3H9N.ClH/c1-3(5(8)9)2-4(6)7;1-4(2)3;/h1-2H2,(H,6,7)(H,8,9);1-3H3;1H. The van der Waals surface area contributed by atoms with Crippen LogP contribution in [0.2, 0.25) is 0 Å². The summed E-state index contributed by atoms with van der Waals surface area (Å²) in [5.41, 5.74) is -0.303. The summed E-state index contributed by atoms with van der Waals surface area (Å²) in [7, 11) is 6.25. The second-order valence-electron chi connectivity index (χ2n) is 2.98. The van der Waals surface area contributed by atoms with E-state index in [0.717, 1.165) is 0 Å². The molecule has 0 spiro atoms. The molecule has 0 saturated carbocycles. The van der Waals surface area contributed by atoms with Gasteiger partial charge in [-0.05, 0) is 0 Å². The number of carbonyl (C=O) groups is 2. The highest BCUT2D eigenvalue weighted by Gasteiger charge is 2.07. The van der Waals surface area contributed by atoms with Crippen molar-refractivity contribution >= 4 is 11.9 Å². The lowest BCUT2D eigenvalue weighted by Gasteiger charge is -1.91. The van der Waals surface area contributed by atoms with Gasteiger partial charge < -0.3 is 27.5 Å². The molecule has 0 aliphatic rings. The van der Waals surface area contributed by atoms with Gasteiger partial charge in [0.25, 0.3) is 0 Å². The van der Waals surface area contributed by atoms with Crippen LogP contribution in [0.3, 0.4) is 0 Å². The van der Waals surface area contributed by atoms with E-state index in [1.165, 1.54) is 4.90 Å². The Kier molecular flexibility index (Phi) is 13.3.